The van der Waals surface area contributed by atoms with Crippen LogP contribution < -0.4 is 0 Å². The third-order valence-electron chi connectivity index (χ3n) is 3.34. The van der Waals surface area contributed by atoms with Gasteiger partial charge in [-0.15, -0.1) is 0 Å². The Labute approximate surface area is 106 Å². The molecule has 0 radical (unpaired) electrons. The minimum Gasteiger partial charge on any atom is -0.396 e. The van der Waals surface area contributed by atoms with Crippen LogP contribution in [0.15, 0.2) is 24.3 Å². The molecule has 17 heavy (non-hydrogen) atoms. The summed E-state index contributed by atoms with van der Waals surface area (Å²) >= 11 is 0. The highest BCUT2D eigenvalue weighted by molar-refractivity contribution is 5.23. The fraction of sp³-hybridized carbons (Fsp3) is 0.625. The van der Waals surface area contributed by atoms with Crippen molar-refractivity contribution in [2.75, 3.05) is 6.61 Å². The van der Waals surface area contributed by atoms with E-state index in [2.05, 4.69) is 52.0 Å². The van der Waals surface area contributed by atoms with E-state index in [1.807, 2.05) is 0 Å². The number of hydrogen-bond donors (Lipinski definition) is 1. The van der Waals surface area contributed by atoms with E-state index in [1.54, 1.807) is 0 Å². The summed E-state index contributed by atoms with van der Waals surface area (Å²) in [7, 11) is 0. The third-order valence-corrected chi connectivity index (χ3v) is 3.34. The van der Waals surface area contributed by atoms with Crippen LogP contribution in [0.2, 0.25) is 0 Å². The highest BCUT2D eigenvalue weighted by Crippen LogP contribution is 2.18. The lowest BCUT2D eigenvalue weighted by atomic mass is 9.89. The molecule has 1 nitrogen and oxygen atoms in total. The Hall–Kier alpha value is -0.820. The highest BCUT2D eigenvalue weighted by Gasteiger charge is 2.12. The minimum absolute atomic E-state index is 0.283. The molecule has 0 aliphatic carbocycles. The van der Waals surface area contributed by atoms with E-state index in [1.165, 1.54) is 11.1 Å². The van der Waals surface area contributed by atoms with Gasteiger partial charge in [0.05, 0.1) is 0 Å². The maximum atomic E-state index is 9.33. The quantitative estimate of drug-likeness (QED) is 0.796. The van der Waals surface area contributed by atoms with Gasteiger partial charge in [-0.25, -0.2) is 0 Å². The first-order valence-electron chi connectivity index (χ1n) is 6.71. The second-order valence-corrected chi connectivity index (χ2v) is 5.81. The zero-order chi connectivity index (χ0) is 12.8. The Kier molecular flexibility index (Phi) is 5.70. The summed E-state index contributed by atoms with van der Waals surface area (Å²) in [5, 5.41) is 9.33. The summed E-state index contributed by atoms with van der Waals surface area (Å²) in [5.74, 6) is 1.63. The Morgan fingerprint density at radius 2 is 1.35 bits per heavy atom. The minimum atomic E-state index is 0.283. The van der Waals surface area contributed by atoms with E-state index in [0.717, 1.165) is 12.8 Å². The van der Waals surface area contributed by atoms with Crippen LogP contribution in [0, 0.1) is 17.8 Å². The van der Waals surface area contributed by atoms with E-state index in [4.69, 9.17) is 0 Å². The van der Waals surface area contributed by atoms with Crippen LogP contribution >= 0.6 is 0 Å². The van der Waals surface area contributed by atoms with Gasteiger partial charge in [0.25, 0.3) is 0 Å². The van der Waals surface area contributed by atoms with E-state index in [0.29, 0.717) is 17.8 Å². The fourth-order valence-electron chi connectivity index (χ4n) is 2.10. The molecule has 1 rings (SSSR count). The summed E-state index contributed by atoms with van der Waals surface area (Å²) in [6.07, 6.45) is 2.13. The summed E-state index contributed by atoms with van der Waals surface area (Å²) in [6, 6.07) is 8.87. The first-order chi connectivity index (χ1) is 8.02. The molecule has 0 aliphatic rings. The normalized spacial score (nSPS) is 13.4. The topological polar surface area (TPSA) is 20.2 Å². The van der Waals surface area contributed by atoms with Crippen LogP contribution in [-0.2, 0) is 12.8 Å². The molecule has 0 heterocycles. The van der Waals surface area contributed by atoms with Crippen LogP contribution in [-0.4, -0.2) is 11.7 Å². The Balaban J connectivity index is 2.61. The van der Waals surface area contributed by atoms with Gasteiger partial charge in [0, 0.05) is 6.61 Å². The molecule has 0 amide bonds. The second-order valence-electron chi connectivity index (χ2n) is 5.81. The van der Waals surface area contributed by atoms with Gasteiger partial charge in [0.15, 0.2) is 0 Å². The maximum absolute atomic E-state index is 9.33. The molecule has 0 aromatic heterocycles. The van der Waals surface area contributed by atoms with Crippen molar-refractivity contribution in [3.63, 3.8) is 0 Å². The van der Waals surface area contributed by atoms with E-state index < -0.39 is 0 Å². The lowest BCUT2D eigenvalue weighted by Gasteiger charge is -2.18. The van der Waals surface area contributed by atoms with Gasteiger partial charge in [-0.1, -0.05) is 52.0 Å². The van der Waals surface area contributed by atoms with Crippen LogP contribution in [0.25, 0.3) is 0 Å². The average Bonchev–Trinajstić information content (AvgIpc) is 2.26. The fourth-order valence-corrected chi connectivity index (χ4v) is 2.10. The van der Waals surface area contributed by atoms with Crippen molar-refractivity contribution < 1.29 is 5.11 Å². The monoisotopic (exact) mass is 234 g/mol. The van der Waals surface area contributed by atoms with Gasteiger partial charge in [0.2, 0.25) is 0 Å². The van der Waals surface area contributed by atoms with Crippen molar-refractivity contribution in [1.82, 2.24) is 0 Å². The van der Waals surface area contributed by atoms with Gasteiger partial charge in [0.1, 0.15) is 0 Å². The van der Waals surface area contributed by atoms with Crippen LogP contribution in [0.1, 0.15) is 38.8 Å². The first-order valence-corrected chi connectivity index (χ1v) is 6.71. The first kappa shape index (κ1) is 14.2. The largest absolute Gasteiger partial charge is 0.396 e. The lowest BCUT2D eigenvalue weighted by Crippen LogP contribution is -2.16. The van der Waals surface area contributed by atoms with Gasteiger partial charge in [-0.05, 0) is 41.7 Å². The van der Waals surface area contributed by atoms with E-state index in [9.17, 15) is 5.11 Å². The molecule has 1 N–H and O–H groups in total. The summed E-state index contributed by atoms with van der Waals surface area (Å²) < 4.78 is 0. The molecule has 1 heteroatoms. The molecular weight excluding hydrogens is 208 g/mol. The Morgan fingerprint density at radius 3 is 1.71 bits per heavy atom. The van der Waals surface area contributed by atoms with Crippen molar-refractivity contribution in [2.24, 2.45) is 17.8 Å². The molecule has 1 atom stereocenters. The van der Waals surface area contributed by atoms with E-state index in [-0.39, 0.29) is 6.61 Å². The predicted molar refractivity (Wildman–Crippen MR) is 74.1 cm³/mol. The van der Waals surface area contributed by atoms with Gasteiger partial charge in [-0.2, -0.15) is 0 Å². The summed E-state index contributed by atoms with van der Waals surface area (Å²) in [5.41, 5.74) is 2.75. The molecule has 0 spiro atoms. The van der Waals surface area contributed by atoms with Crippen molar-refractivity contribution in [3.05, 3.63) is 35.4 Å². The highest BCUT2D eigenvalue weighted by atomic mass is 16.3. The molecular formula is C16H26O. The number of aliphatic hydroxyl groups excluding tert-OH is 1. The van der Waals surface area contributed by atoms with Crippen molar-refractivity contribution in [1.29, 1.82) is 0 Å². The van der Waals surface area contributed by atoms with Crippen LogP contribution in [0.4, 0.5) is 0 Å². The van der Waals surface area contributed by atoms with Gasteiger partial charge in [-0.3, -0.25) is 0 Å². The summed E-state index contributed by atoms with van der Waals surface area (Å²) in [6.45, 7) is 9.12. The molecule has 0 aliphatic heterocycles. The Morgan fingerprint density at radius 1 is 0.882 bits per heavy atom. The predicted octanol–water partition coefficient (Wildman–Crippen LogP) is 3.69. The molecule has 1 unspecified atom stereocenters. The van der Waals surface area contributed by atoms with Gasteiger partial charge < -0.3 is 5.11 Å². The van der Waals surface area contributed by atoms with E-state index >= 15 is 0 Å². The van der Waals surface area contributed by atoms with Crippen LogP contribution in [0.5, 0.6) is 0 Å². The maximum Gasteiger partial charge on any atom is 0.0464 e. The smallest absolute Gasteiger partial charge is 0.0464 e. The molecule has 96 valence electrons. The van der Waals surface area contributed by atoms with Crippen molar-refractivity contribution in [3.8, 4) is 0 Å². The molecule has 1 aromatic carbocycles. The summed E-state index contributed by atoms with van der Waals surface area (Å²) in [4.78, 5) is 0. The number of benzene rings is 1. The zero-order valence-electron chi connectivity index (χ0n) is 11.6. The second kappa shape index (κ2) is 6.80. The molecule has 0 fully saturated rings. The number of hydrogen-bond acceptors (Lipinski definition) is 1. The molecule has 0 bridgehead atoms. The van der Waals surface area contributed by atoms with Crippen molar-refractivity contribution in [2.45, 2.75) is 40.5 Å². The SMILES string of the molecule is CC(C)Cc1ccc(CC(CO)C(C)C)cc1. The average molecular weight is 234 g/mol. The number of rotatable bonds is 6. The zero-order valence-corrected chi connectivity index (χ0v) is 11.6. The Bertz CT molecular complexity index is 311. The van der Waals surface area contributed by atoms with Crippen molar-refractivity contribution >= 4 is 0 Å². The molecule has 0 saturated heterocycles. The number of aliphatic hydroxyl groups is 1. The van der Waals surface area contributed by atoms with Gasteiger partial charge >= 0.3 is 0 Å². The molecule has 1 aromatic rings. The lowest BCUT2D eigenvalue weighted by molar-refractivity contribution is 0.189. The third kappa shape index (κ3) is 4.91. The molecule has 0 saturated carbocycles. The standard InChI is InChI=1S/C16H26O/c1-12(2)9-14-5-7-15(8-6-14)10-16(11-17)13(3)4/h5-8,12-13,16-17H,9-11H2,1-4H3. The van der Waals surface area contributed by atoms with Crippen LogP contribution in [0.3, 0.4) is 0 Å².